The van der Waals surface area contributed by atoms with Crippen LogP contribution in [0.25, 0.3) is 0 Å². The molecule has 13 heavy (non-hydrogen) atoms. The molecule has 0 aliphatic heterocycles. The van der Waals surface area contributed by atoms with Gasteiger partial charge in [0.2, 0.25) is 0 Å². The minimum atomic E-state index is -0.225. The Morgan fingerprint density at radius 3 is 2.38 bits per heavy atom. The van der Waals surface area contributed by atoms with Gasteiger partial charge in [-0.3, -0.25) is 0 Å². The lowest BCUT2D eigenvalue weighted by molar-refractivity contribution is 0.258. The Hall–Kier alpha value is -0.890. The van der Waals surface area contributed by atoms with Gasteiger partial charge in [-0.2, -0.15) is 0 Å². The summed E-state index contributed by atoms with van der Waals surface area (Å²) in [5.74, 6) is -0.0671. The molecule has 2 heteroatoms. The topological polar surface area (TPSA) is 20.2 Å². The van der Waals surface area contributed by atoms with E-state index in [9.17, 15) is 4.39 Å². The monoisotopic (exact) mass is 182 g/mol. The summed E-state index contributed by atoms with van der Waals surface area (Å²) in [6, 6.07) is 6.36. The number of rotatable bonds is 4. The first-order chi connectivity index (χ1) is 6.27. The van der Waals surface area contributed by atoms with Gasteiger partial charge in [0, 0.05) is 12.5 Å². The second kappa shape index (κ2) is 4.97. The maximum atomic E-state index is 12.6. The number of aliphatic hydroxyl groups excluding tert-OH is 1. The van der Waals surface area contributed by atoms with E-state index in [1.54, 1.807) is 12.1 Å². The van der Waals surface area contributed by atoms with Crippen molar-refractivity contribution in [3.05, 3.63) is 35.6 Å². The maximum absolute atomic E-state index is 12.6. The van der Waals surface area contributed by atoms with E-state index in [2.05, 4.69) is 6.92 Å². The van der Waals surface area contributed by atoms with Crippen LogP contribution in [0.2, 0.25) is 0 Å². The fourth-order valence-corrected chi connectivity index (χ4v) is 1.45. The van der Waals surface area contributed by atoms with Crippen molar-refractivity contribution >= 4 is 0 Å². The minimum absolute atomic E-state index is 0.138. The van der Waals surface area contributed by atoms with Gasteiger partial charge in [-0.25, -0.2) is 4.39 Å². The summed E-state index contributed by atoms with van der Waals surface area (Å²) in [7, 11) is 0. The summed E-state index contributed by atoms with van der Waals surface area (Å²) < 4.78 is 12.6. The summed E-state index contributed by atoms with van der Waals surface area (Å²) in [6.45, 7) is 2.21. The van der Waals surface area contributed by atoms with Crippen molar-refractivity contribution in [2.45, 2.75) is 25.7 Å². The van der Waals surface area contributed by atoms with Gasteiger partial charge in [0.25, 0.3) is 0 Å². The lowest BCUT2D eigenvalue weighted by atomic mass is 9.95. The van der Waals surface area contributed by atoms with E-state index in [4.69, 9.17) is 5.11 Å². The summed E-state index contributed by atoms with van der Waals surface area (Å²) in [5, 5.41) is 9.09. The van der Waals surface area contributed by atoms with Gasteiger partial charge >= 0.3 is 0 Å². The van der Waals surface area contributed by atoms with Crippen molar-refractivity contribution in [1.82, 2.24) is 0 Å². The van der Waals surface area contributed by atoms with E-state index in [-0.39, 0.29) is 18.3 Å². The SMILES string of the molecule is CCCC(CO)c1ccc(F)cc1. The standard InChI is InChI=1S/C11H15FO/c1-2-3-10(8-13)9-4-6-11(12)7-5-9/h4-7,10,13H,2-3,8H2,1H3. The van der Waals surface area contributed by atoms with Crippen LogP contribution >= 0.6 is 0 Å². The highest BCUT2D eigenvalue weighted by Gasteiger charge is 2.08. The molecule has 0 saturated heterocycles. The zero-order valence-corrected chi connectivity index (χ0v) is 7.83. The molecular formula is C11H15FO. The fourth-order valence-electron chi connectivity index (χ4n) is 1.45. The molecule has 0 aromatic heterocycles. The van der Waals surface area contributed by atoms with Crippen LogP contribution in [0.4, 0.5) is 4.39 Å². The normalized spacial score (nSPS) is 12.8. The van der Waals surface area contributed by atoms with E-state index < -0.39 is 0 Å². The molecule has 1 atom stereocenters. The molecule has 0 spiro atoms. The van der Waals surface area contributed by atoms with E-state index in [0.717, 1.165) is 18.4 Å². The molecule has 1 aromatic carbocycles. The number of hydrogen-bond donors (Lipinski definition) is 1. The Kier molecular flexibility index (Phi) is 3.90. The summed E-state index contributed by atoms with van der Waals surface area (Å²) in [4.78, 5) is 0. The summed E-state index contributed by atoms with van der Waals surface area (Å²) in [6.07, 6.45) is 1.98. The van der Waals surface area contributed by atoms with Gasteiger partial charge in [-0.15, -0.1) is 0 Å². The van der Waals surface area contributed by atoms with Gasteiger partial charge < -0.3 is 5.11 Å². The summed E-state index contributed by atoms with van der Waals surface area (Å²) in [5.41, 5.74) is 1.02. The molecule has 1 N–H and O–H groups in total. The van der Waals surface area contributed by atoms with Crippen LogP contribution in [-0.2, 0) is 0 Å². The van der Waals surface area contributed by atoms with E-state index >= 15 is 0 Å². The quantitative estimate of drug-likeness (QED) is 0.759. The van der Waals surface area contributed by atoms with Gasteiger partial charge in [0.1, 0.15) is 5.82 Å². The van der Waals surface area contributed by atoms with Crippen LogP contribution in [0.1, 0.15) is 31.2 Å². The molecule has 0 saturated carbocycles. The third-order valence-electron chi connectivity index (χ3n) is 2.20. The van der Waals surface area contributed by atoms with Gasteiger partial charge in [-0.05, 0) is 24.1 Å². The van der Waals surface area contributed by atoms with Crippen LogP contribution in [0.3, 0.4) is 0 Å². The number of benzene rings is 1. The van der Waals surface area contributed by atoms with Crippen LogP contribution in [0.5, 0.6) is 0 Å². The molecule has 0 fully saturated rings. The molecule has 0 radical (unpaired) electrons. The molecule has 0 bridgehead atoms. The molecule has 0 amide bonds. The highest BCUT2D eigenvalue weighted by molar-refractivity contribution is 5.20. The van der Waals surface area contributed by atoms with Crippen molar-refractivity contribution < 1.29 is 9.50 Å². The smallest absolute Gasteiger partial charge is 0.123 e. The third-order valence-corrected chi connectivity index (χ3v) is 2.20. The van der Waals surface area contributed by atoms with Crippen LogP contribution in [-0.4, -0.2) is 11.7 Å². The van der Waals surface area contributed by atoms with Crippen molar-refractivity contribution in [2.75, 3.05) is 6.61 Å². The van der Waals surface area contributed by atoms with Crippen molar-refractivity contribution in [1.29, 1.82) is 0 Å². The minimum Gasteiger partial charge on any atom is -0.396 e. The predicted molar refractivity (Wildman–Crippen MR) is 51.1 cm³/mol. The largest absolute Gasteiger partial charge is 0.396 e. The molecule has 0 aliphatic carbocycles. The van der Waals surface area contributed by atoms with E-state index in [0.29, 0.717) is 0 Å². The molecule has 0 heterocycles. The van der Waals surface area contributed by atoms with Crippen LogP contribution in [0, 0.1) is 5.82 Å². The van der Waals surface area contributed by atoms with Crippen molar-refractivity contribution in [3.8, 4) is 0 Å². The van der Waals surface area contributed by atoms with E-state index in [1.807, 2.05) is 0 Å². The third kappa shape index (κ3) is 2.81. The molecule has 1 nitrogen and oxygen atoms in total. The molecular weight excluding hydrogens is 167 g/mol. The second-order valence-electron chi connectivity index (χ2n) is 3.22. The molecule has 1 aromatic rings. The Bertz CT molecular complexity index is 243. The number of hydrogen-bond acceptors (Lipinski definition) is 1. The van der Waals surface area contributed by atoms with Gasteiger partial charge in [0.15, 0.2) is 0 Å². The van der Waals surface area contributed by atoms with Crippen LogP contribution < -0.4 is 0 Å². The maximum Gasteiger partial charge on any atom is 0.123 e. The number of aliphatic hydroxyl groups is 1. The first-order valence-electron chi connectivity index (χ1n) is 4.64. The van der Waals surface area contributed by atoms with Crippen molar-refractivity contribution in [3.63, 3.8) is 0 Å². The first-order valence-corrected chi connectivity index (χ1v) is 4.64. The average molecular weight is 182 g/mol. The first kappa shape index (κ1) is 10.2. The highest BCUT2D eigenvalue weighted by atomic mass is 19.1. The molecule has 1 unspecified atom stereocenters. The van der Waals surface area contributed by atoms with Crippen LogP contribution in [0.15, 0.2) is 24.3 Å². The molecule has 72 valence electrons. The lowest BCUT2D eigenvalue weighted by Gasteiger charge is -2.12. The second-order valence-corrected chi connectivity index (χ2v) is 3.22. The Labute approximate surface area is 78.2 Å². The average Bonchev–Trinajstić information content (AvgIpc) is 2.16. The highest BCUT2D eigenvalue weighted by Crippen LogP contribution is 2.20. The van der Waals surface area contributed by atoms with Crippen molar-refractivity contribution in [2.24, 2.45) is 0 Å². The number of halogens is 1. The molecule has 1 rings (SSSR count). The summed E-state index contributed by atoms with van der Waals surface area (Å²) >= 11 is 0. The fraction of sp³-hybridized carbons (Fsp3) is 0.455. The Balaban J connectivity index is 2.73. The zero-order chi connectivity index (χ0) is 9.68. The Morgan fingerprint density at radius 1 is 1.31 bits per heavy atom. The van der Waals surface area contributed by atoms with Gasteiger partial charge in [0.05, 0.1) is 0 Å². The van der Waals surface area contributed by atoms with Gasteiger partial charge in [-0.1, -0.05) is 25.5 Å². The molecule has 0 aliphatic rings. The predicted octanol–water partition coefficient (Wildman–Crippen LogP) is 2.70. The zero-order valence-electron chi connectivity index (χ0n) is 7.83. The lowest BCUT2D eigenvalue weighted by Crippen LogP contribution is -2.03. The van der Waals surface area contributed by atoms with E-state index in [1.165, 1.54) is 12.1 Å². The Morgan fingerprint density at radius 2 is 1.92 bits per heavy atom.